The third-order valence-corrected chi connectivity index (χ3v) is 4.96. The summed E-state index contributed by atoms with van der Waals surface area (Å²) in [5.41, 5.74) is 0.549. The molecule has 0 saturated carbocycles. The molecule has 18 heavy (non-hydrogen) atoms. The van der Waals surface area contributed by atoms with Crippen molar-refractivity contribution in [3.05, 3.63) is 27.7 Å². The molecule has 0 atom stereocenters. The van der Waals surface area contributed by atoms with E-state index in [1.54, 1.807) is 17.7 Å². The summed E-state index contributed by atoms with van der Waals surface area (Å²) < 4.78 is 2.51. The quantitative estimate of drug-likeness (QED) is 0.880. The zero-order chi connectivity index (χ0) is 13.3. The van der Waals surface area contributed by atoms with Crippen LogP contribution in [0.3, 0.4) is 0 Å². The Morgan fingerprint density at radius 1 is 1.67 bits per heavy atom. The summed E-state index contributed by atoms with van der Waals surface area (Å²) in [6.45, 7) is 1.70. The van der Waals surface area contributed by atoms with Crippen LogP contribution in [0.25, 0.3) is 0 Å². The van der Waals surface area contributed by atoms with Gasteiger partial charge in [0.05, 0.1) is 17.6 Å². The minimum absolute atomic E-state index is 0.287. The van der Waals surface area contributed by atoms with Gasteiger partial charge >= 0.3 is 5.97 Å². The van der Waals surface area contributed by atoms with E-state index in [1.807, 2.05) is 7.05 Å². The summed E-state index contributed by atoms with van der Waals surface area (Å²) in [7, 11) is 1.83. The van der Waals surface area contributed by atoms with Gasteiger partial charge in [-0.1, -0.05) is 23.4 Å². The van der Waals surface area contributed by atoms with Crippen LogP contribution in [-0.4, -0.2) is 25.6 Å². The van der Waals surface area contributed by atoms with Crippen molar-refractivity contribution in [2.45, 2.75) is 17.0 Å². The Hall–Kier alpha value is -1.05. The van der Waals surface area contributed by atoms with Gasteiger partial charge in [0.25, 0.3) is 0 Å². The minimum Gasteiger partial charge on any atom is -0.477 e. The molecule has 0 aliphatic carbocycles. The molecule has 8 heteroatoms. The molecule has 0 bridgehead atoms. The molecular formula is C10H10ClN3O2S2. The molecule has 0 saturated heterocycles. The first-order chi connectivity index (χ1) is 8.49. The van der Waals surface area contributed by atoms with E-state index in [4.69, 9.17) is 16.7 Å². The van der Waals surface area contributed by atoms with Crippen LogP contribution in [-0.2, 0) is 12.8 Å². The van der Waals surface area contributed by atoms with E-state index in [2.05, 4.69) is 9.97 Å². The maximum absolute atomic E-state index is 10.9. The maximum Gasteiger partial charge on any atom is 0.347 e. The van der Waals surface area contributed by atoms with Gasteiger partial charge in [-0.15, -0.1) is 11.3 Å². The Kier molecular flexibility index (Phi) is 3.94. The first-order valence-electron chi connectivity index (χ1n) is 4.98. The Bertz CT molecular complexity index is 594. The van der Waals surface area contributed by atoms with Crippen molar-refractivity contribution < 1.29 is 9.90 Å². The first kappa shape index (κ1) is 13.4. The van der Waals surface area contributed by atoms with Crippen LogP contribution >= 0.6 is 34.7 Å². The van der Waals surface area contributed by atoms with Gasteiger partial charge < -0.3 is 9.67 Å². The van der Waals surface area contributed by atoms with Gasteiger partial charge in [-0.3, -0.25) is 0 Å². The number of imidazole rings is 1. The predicted octanol–water partition coefficient (Wildman–Crippen LogP) is 2.83. The zero-order valence-electron chi connectivity index (χ0n) is 9.68. The fourth-order valence-electron chi connectivity index (χ4n) is 1.32. The molecule has 0 aliphatic rings. The number of aromatic carboxylic acids is 1. The Morgan fingerprint density at radius 2 is 2.39 bits per heavy atom. The normalized spacial score (nSPS) is 10.8. The SMILES string of the molecule is Cc1nc(SCc2ncc(Cl)n2C)sc1C(=O)O. The molecule has 0 unspecified atom stereocenters. The molecule has 0 spiro atoms. The number of carboxylic acid groups (broad SMARTS) is 1. The second-order valence-corrected chi connectivity index (χ2v) is 6.15. The molecule has 2 aromatic heterocycles. The molecule has 2 aromatic rings. The zero-order valence-corrected chi connectivity index (χ0v) is 12.1. The van der Waals surface area contributed by atoms with Crippen molar-refractivity contribution in [1.29, 1.82) is 0 Å². The molecule has 96 valence electrons. The van der Waals surface area contributed by atoms with Crippen LogP contribution in [0, 0.1) is 6.92 Å². The Labute approximate surface area is 117 Å². The molecule has 0 aromatic carbocycles. The maximum atomic E-state index is 10.9. The second kappa shape index (κ2) is 5.29. The molecule has 2 heterocycles. The van der Waals surface area contributed by atoms with Gasteiger partial charge in [0, 0.05) is 7.05 Å². The second-order valence-electron chi connectivity index (χ2n) is 3.54. The number of thiazole rings is 1. The van der Waals surface area contributed by atoms with Gasteiger partial charge in [0.15, 0.2) is 4.34 Å². The number of nitrogens with zero attached hydrogens (tertiary/aromatic N) is 3. The third-order valence-electron chi connectivity index (χ3n) is 2.32. The van der Waals surface area contributed by atoms with E-state index >= 15 is 0 Å². The first-order valence-corrected chi connectivity index (χ1v) is 7.16. The topological polar surface area (TPSA) is 68.0 Å². The van der Waals surface area contributed by atoms with E-state index in [-0.39, 0.29) is 4.88 Å². The number of aryl methyl sites for hydroxylation is 1. The van der Waals surface area contributed by atoms with Crippen molar-refractivity contribution in [2.24, 2.45) is 7.05 Å². The van der Waals surface area contributed by atoms with Crippen LogP contribution in [0.1, 0.15) is 21.2 Å². The standard InChI is InChI=1S/C10H10ClN3O2S2/c1-5-8(9(15)16)18-10(13-5)17-4-7-12-3-6(11)14(7)2/h3H,4H2,1-2H3,(H,15,16). The summed E-state index contributed by atoms with van der Waals surface area (Å²) in [5.74, 6) is 0.501. The van der Waals surface area contributed by atoms with Crippen LogP contribution in [0.5, 0.6) is 0 Å². The minimum atomic E-state index is -0.933. The highest BCUT2D eigenvalue weighted by Crippen LogP contribution is 2.29. The van der Waals surface area contributed by atoms with Gasteiger partial charge in [0.1, 0.15) is 15.9 Å². The van der Waals surface area contributed by atoms with E-state index in [9.17, 15) is 4.79 Å². The number of halogens is 1. The molecule has 0 aliphatic heterocycles. The summed E-state index contributed by atoms with van der Waals surface area (Å²) >= 11 is 8.52. The Morgan fingerprint density at radius 3 is 2.89 bits per heavy atom. The molecule has 0 radical (unpaired) electrons. The van der Waals surface area contributed by atoms with E-state index in [1.165, 1.54) is 23.1 Å². The lowest BCUT2D eigenvalue weighted by molar-refractivity contribution is 0.0701. The fraction of sp³-hybridized carbons (Fsp3) is 0.300. The van der Waals surface area contributed by atoms with Crippen molar-refractivity contribution in [3.63, 3.8) is 0 Å². The van der Waals surface area contributed by atoms with Gasteiger partial charge in [-0.25, -0.2) is 14.8 Å². The highest BCUT2D eigenvalue weighted by atomic mass is 35.5. The fourth-order valence-corrected chi connectivity index (χ4v) is 3.49. The molecule has 1 N–H and O–H groups in total. The molecule has 0 amide bonds. The van der Waals surface area contributed by atoms with Crippen molar-refractivity contribution in [1.82, 2.24) is 14.5 Å². The van der Waals surface area contributed by atoms with Crippen LogP contribution in [0.15, 0.2) is 10.5 Å². The number of aromatic nitrogens is 3. The van der Waals surface area contributed by atoms with Crippen LogP contribution in [0.4, 0.5) is 0 Å². The Balaban J connectivity index is 2.09. The number of thioether (sulfide) groups is 1. The summed E-state index contributed by atoms with van der Waals surface area (Å²) in [6, 6.07) is 0. The van der Waals surface area contributed by atoms with Crippen LogP contribution < -0.4 is 0 Å². The molecular weight excluding hydrogens is 294 g/mol. The van der Waals surface area contributed by atoms with E-state index in [0.29, 0.717) is 16.6 Å². The highest BCUT2D eigenvalue weighted by Gasteiger charge is 2.15. The number of rotatable bonds is 4. The van der Waals surface area contributed by atoms with Gasteiger partial charge in [-0.2, -0.15) is 0 Å². The van der Waals surface area contributed by atoms with Gasteiger partial charge in [-0.05, 0) is 6.92 Å². The van der Waals surface area contributed by atoms with E-state index in [0.717, 1.165) is 10.2 Å². The average molecular weight is 304 g/mol. The molecule has 0 fully saturated rings. The van der Waals surface area contributed by atoms with Crippen molar-refractivity contribution >= 4 is 40.7 Å². The number of hydrogen-bond acceptors (Lipinski definition) is 5. The van der Waals surface area contributed by atoms with Crippen molar-refractivity contribution in [2.75, 3.05) is 0 Å². The van der Waals surface area contributed by atoms with Crippen molar-refractivity contribution in [3.8, 4) is 0 Å². The number of carboxylic acids is 1. The molecule has 5 nitrogen and oxygen atoms in total. The monoisotopic (exact) mass is 303 g/mol. The predicted molar refractivity (Wildman–Crippen MR) is 71.6 cm³/mol. The number of carbonyl (C=O) groups is 1. The largest absolute Gasteiger partial charge is 0.477 e. The summed E-state index contributed by atoms with van der Waals surface area (Å²) in [6.07, 6.45) is 1.59. The lowest BCUT2D eigenvalue weighted by Crippen LogP contribution is -1.95. The number of hydrogen-bond donors (Lipinski definition) is 1. The molecule has 2 rings (SSSR count). The summed E-state index contributed by atoms with van der Waals surface area (Å²) in [5, 5.41) is 9.51. The van der Waals surface area contributed by atoms with Crippen LogP contribution in [0.2, 0.25) is 5.15 Å². The average Bonchev–Trinajstić information content (AvgIpc) is 2.82. The lowest BCUT2D eigenvalue weighted by atomic mass is 10.4. The van der Waals surface area contributed by atoms with Gasteiger partial charge in [0.2, 0.25) is 0 Å². The third kappa shape index (κ3) is 2.68. The summed E-state index contributed by atoms with van der Waals surface area (Å²) in [4.78, 5) is 19.6. The lowest BCUT2D eigenvalue weighted by Gasteiger charge is -1.99. The smallest absolute Gasteiger partial charge is 0.347 e. The van der Waals surface area contributed by atoms with E-state index < -0.39 is 5.97 Å². The highest BCUT2D eigenvalue weighted by molar-refractivity contribution is 8.00.